The fourth-order valence-electron chi connectivity index (χ4n) is 1.85. The normalized spacial score (nSPS) is 10.3. The molecule has 0 heterocycles. The van der Waals surface area contributed by atoms with Crippen molar-refractivity contribution in [2.45, 2.75) is 26.3 Å². The number of nitrogens with zero attached hydrogens (tertiary/aromatic N) is 1. The molecule has 0 fully saturated rings. The van der Waals surface area contributed by atoms with Crippen LogP contribution in [0.25, 0.3) is 0 Å². The van der Waals surface area contributed by atoms with Crippen molar-refractivity contribution in [1.82, 2.24) is 10.6 Å². The summed E-state index contributed by atoms with van der Waals surface area (Å²) < 4.78 is 10.8. The highest BCUT2D eigenvalue weighted by molar-refractivity contribution is 14.0. The first-order valence-electron chi connectivity index (χ1n) is 7.42. The lowest BCUT2D eigenvalue weighted by Crippen LogP contribution is -2.37. The molecule has 5 nitrogen and oxygen atoms in total. The number of aliphatic imine (C=N–C) groups is 1. The fourth-order valence-corrected chi connectivity index (χ4v) is 1.85. The summed E-state index contributed by atoms with van der Waals surface area (Å²) >= 11 is 0. The Balaban J connectivity index is 0.00000484. The van der Waals surface area contributed by atoms with Gasteiger partial charge < -0.3 is 20.1 Å². The van der Waals surface area contributed by atoms with Crippen LogP contribution in [0, 0.1) is 12.3 Å². The highest BCUT2D eigenvalue weighted by atomic mass is 127. The molecule has 0 saturated carbocycles. The topological polar surface area (TPSA) is 54.9 Å². The lowest BCUT2D eigenvalue weighted by Gasteiger charge is -2.13. The van der Waals surface area contributed by atoms with Crippen LogP contribution in [0.2, 0.25) is 0 Å². The summed E-state index contributed by atoms with van der Waals surface area (Å²) in [4.78, 5) is 4.19. The average Bonchev–Trinajstić information content (AvgIpc) is 2.56. The number of halogens is 1. The van der Waals surface area contributed by atoms with E-state index in [9.17, 15) is 0 Å². The SMILES string of the molecule is C#CCOc1cc(CNC(=NC)NCCCC)ccc1OC.I. The summed E-state index contributed by atoms with van der Waals surface area (Å²) in [6, 6.07) is 5.77. The van der Waals surface area contributed by atoms with Crippen LogP contribution >= 0.6 is 24.0 Å². The van der Waals surface area contributed by atoms with Crippen LogP contribution in [0.15, 0.2) is 23.2 Å². The molecular weight excluding hydrogens is 405 g/mol. The molecule has 0 radical (unpaired) electrons. The van der Waals surface area contributed by atoms with Gasteiger partial charge in [-0.2, -0.15) is 0 Å². The van der Waals surface area contributed by atoms with Gasteiger partial charge in [0.05, 0.1) is 7.11 Å². The van der Waals surface area contributed by atoms with Gasteiger partial charge in [0, 0.05) is 20.1 Å². The zero-order valence-electron chi connectivity index (χ0n) is 14.0. The second-order valence-electron chi connectivity index (χ2n) is 4.68. The van der Waals surface area contributed by atoms with Crippen LogP contribution in [-0.4, -0.2) is 33.3 Å². The third-order valence-electron chi connectivity index (χ3n) is 3.05. The summed E-state index contributed by atoms with van der Waals surface area (Å²) in [7, 11) is 3.37. The third-order valence-corrected chi connectivity index (χ3v) is 3.05. The van der Waals surface area contributed by atoms with Gasteiger partial charge in [0.25, 0.3) is 0 Å². The van der Waals surface area contributed by atoms with Gasteiger partial charge >= 0.3 is 0 Å². The van der Waals surface area contributed by atoms with Crippen LogP contribution in [-0.2, 0) is 6.54 Å². The number of nitrogens with one attached hydrogen (secondary N) is 2. The van der Waals surface area contributed by atoms with Gasteiger partial charge in [0.15, 0.2) is 17.5 Å². The molecule has 1 rings (SSSR count). The minimum absolute atomic E-state index is 0. The summed E-state index contributed by atoms with van der Waals surface area (Å²) in [5.74, 6) is 4.56. The number of guanidine groups is 1. The van der Waals surface area contributed by atoms with Crippen LogP contribution in [0.4, 0.5) is 0 Å². The van der Waals surface area contributed by atoms with Gasteiger partial charge in [-0.3, -0.25) is 4.99 Å². The van der Waals surface area contributed by atoms with E-state index < -0.39 is 0 Å². The van der Waals surface area contributed by atoms with E-state index in [1.54, 1.807) is 14.2 Å². The van der Waals surface area contributed by atoms with Gasteiger partial charge in [-0.15, -0.1) is 30.4 Å². The number of terminal acetylenes is 1. The van der Waals surface area contributed by atoms with Crippen molar-refractivity contribution in [2.75, 3.05) is 27.3 Å². The van der Waals surface area contributed by atoms with E-state index in [-0.39, 0.29) is 30.6 Å². The first-order chi connectivity index (χ1) is 10.7. The molecule has 0 aliphatic heterocycles. The maximum atomic E-state index is 5.50. The van der Waals surface area contributed by atoms with E-state index in [2.05, 4.69) is 28.5 Å². The second-order valence-corrected chi connectivity index (χ2v) is 4.68. The van der Waals surface area contributed by atoms with Crippen molar-refractivity contribution >= 4 is 29.9 Å². The third kappa shape index (κ3) is 7.98. The molecule has 0 bridgehead atoms. The smallest absolute Gasteiger partial charge is 0.191 e. The predicted octanol–water partition coefficient (Wildman–Crippen LogP) is 2.79. The summed E-state index contributed by atoms with van der Waals surface area (Å²) in [5, 5.41) is 6.54. The Labute approximate surface area is 156 Å². The van der Waals surface area contributed by atoms with Crippen molar-refractivity contribution in [3.05, 3.63) is 23.8 Å². The molecule has 0 atom stereocenters. The van der Waals surface area contributed by atoms with Gasteiger partial charge in [0.1, 0.15) is 6.61 Å². The molecular formula is C17H26IN3O2. The zero-order valence-corrected chi connectivity index (χ0v) is 16.3. The maximum Gasteiger partial charge on any atom is 0.191 e. The molecule has 23 heavy (non-hydrogen) atoms. The van der Waals surface area contributed by atoms with E-state index >= 15 is 0 Å². The average molecular weight is 431 g/mol. The molecule has 0 aromatic heterocycles. The number of benzene rings is 1. The molecule has 0 spiro atoms. The van der Waals surface area contributed by atoms with Gasteiger partial charge in [-0.05, 0) is 24.1 Å². The quantitative estimate of drug-likeness (QED) is 0.219. The number of hydrogen-bond acceptors (Lipinski definition) is 3. The Morgan fingerprint density at radius 3 is 2.70 bits per heavy atom. The monoisotopic (exact) mass is 431 g/mol. The molecule has 6 heteroatoms. The maximum absolute atomic E-state index is 5.50. The largest absolute Gasteiger partial charge is 0.493 e. The Bertz CT molecular complexity index is 527. The van der Waals surface area contributed by atoms with Crippen molar-refractivity contribution in [3.8, 4) is 23.8 Å². The molecule has 128 valence electrons. The van der Waals surface area contributed by atoms with Crippen molar-refractivity contribution in [1.29, 1.82) is 0 Å². The molecule has 1 aromatic rings. The number of ether oxygens (including phenoxy) is 2. The Morgan fingerprint density at radius 2 is 2.09 bits per heavy atom. The van der Waals surface area contributed by atoms with E-state index in [4.69, 9.17) is 15.9 Å². The first kappa shape index (κ1) is 21.4. The molecule has 0 unspecified atom stereocenters. The molecule has 0 aliphatic rings. The summed E-state index contributed by atoms with van der Waals surface area (Å²) in [5.41, 5.74) is 1.06. The minimum Gasteiger partial charge on any atom is -0.493 e. The van der Waals surface area contributed by atoms with Gasteiger partial charge in [-0.25, -0.2) is 0 Å². The minimum atomic E-state index is 0. The molecule has 0 amide bonds. The van der Waals surface area contributed by atoms with Crippen molar-refractivity contribution in [3.63, 3.8) is 0 Å². The number of methoxy groups -OCH3 is 1. The highest BCUT2D eigenvalue weighted by Gasteiger charge is 2.06. The Kier molecular flexibility index (Phi) is 12.0. The number of hydrogen-bond donors (Lipinski definition) is 2. The Morgan fingerprint density at radius 1 is 1.30 bits per heavy atom. The van der Waals surface area contributed by atoms with Crippen LogP contribution < -0.4 is 20.1 Å². The van der Waals surface area contributed by atoms with Gasteiger partial charge in [-0.1, -0.05) is 25.3 Å². The summed E-state index contributed by atoms with van der Waals surface area (Å²) in [6.45, 7) is 3.93. The molecule has 2 N–H and O–H groups in total. The van der Waals surface area contributed by atoms with Crippen LogP contribution in [0.3, 0.4) is 0 Å². The van der Waals surface area contributed by atoms with Gasteiger partial charge in [0.2, 0.25) is 0 Å². The van der Waals surface area contributed by atoms with Crippen LogP contribution in [0.5, 0.6) is 11.5 Å². The standard InChI is InChI=1S/C17H25N3O2.HI/c1-5-7-10-19-17(18-3)20-13-14-8-9-15(21-4)16(12-14)22-11-6-2;/h2,8-9,12H,5,7,10-11,13H2,1,3-4H3,(H2,18,19,20);1H. The molecule has 0 aliphatic carbocycles. The first-order valence-corrected chi connectivity index (χ1v) is 7.42. The lowest BCUT2D eigenvalue weighted by molar-refractivity contribution is 0.330. The second kappa shape index (κ2) is 12.9. The van der Waals surface area contributed by atoms with Crippen molar-refractivity contribution in [2.24, 2.45) is 4.99 Å². The van der Waals surface area contributed by atoms with Crippen molar-refractivity contribution < 1.29 is 9.47 Å². The van der Waals surface area contributed by atoms with E-state index in [1.807, 2.05) is 18.2 Å². The van der Waals surface area contributed by atoms with Crippen LogP contribution in [0.1, 0.15) is 25.3 Å². The highest BCUT2D eigenvalue weighted by Crippen LogP contribution is 2.27. The molecule has 1 aromatic carbocycles. The number of unbranched alkanes of at least 4 members (excludes halogenated alkanes) is 1. The van der Waals surface area contributed by atoms with E-state index in [0.29, 0.717) is 18.0 Å². The zero-order chi connectivity index (χ0) is 16.2. The lowest BCUT2D eigenvalue weighted by atomic mass is 10.2. The Hall–Kier alpha value is -1.62. The fraction of sp³-hybridized carbons (Fsp3) is 0.471. The van der Waals surface area contributed by atoms with E-state index in [0.717, 1.165) is 30.9 Å². The van der Waals surface area contributed by atoms with E-state index in [1.165, 1.54) is 0 Å². The molecule has 0 saturated heterocycles. The predicted molar refractivity (Wildman–Crippen MR) is 106 cm³/mol. The number of rotatable bonds is 8. The summed E-state index contributed by atoms with van der Waals surface area (Å²) in [6.07, 6.45) is 7.50.